The van der Waals surface area contributed by atoms with Gasteiger partial charge < -0.3 is 11.1 Å². The zero-order chi connectivity index (χ0) is 14.5. The predicted molar refractivity (Wildman–Crippen MR) is 76.4 cm³/mol. The predicted octanol–water partition coefficient (Wildman–Crippen LogP) is 2.51. The lowest BCUT2D eigenvalue weighted by atomic mass is 9.84. The number of nitrogens with one attached hydrogen (secondary N) is 1. The summed E-state index contributed by atoms with van der Waals surface area (Å²) in [5.41, 5.74) is 6.72. The molecule has 1 rings (SSSR count). The topological polar surface area (TPSA) is 78.9 Å². The van der Waals surface area contributed by atoms with E-state index in [-0.39, 0.29) is 17.2 Å². The average Bonchev–Trinajstić information content (AvgIpc) is 2.35. The molecule has 0 aromatic heterocycles. The molecule has 0 saturated heterocycles. The van der Waals surface area contributed by atoms with E-state index in [0.29, 0.717) is 24.2 Å². The van der Waals surface area contributed by atoms with Gasteiger partial charge in [0.1, 0.15) is 6.07 Å². The molecule has 1 unspecified atom stereocenters. The first kappa shape index (κ1) is 15.2. The Bertz CT molecular complexity index is 483. The fraction of sp³-hybridized carbons (Fsp3) is 0.467. The van der Waals surface area contributed by atoms with E-state index in [1.54, 1.807) is 24.3 Å². The average molecular weight is 259 g/mol. The van der Waals surface area contributed by atoms with Gasteiger partial charge in [0, 0.05) is 6.54 Å². The fourth-order valence-corrected chi connectivity index (χ4v) is 1.95. The molecule has 0 aliphatic carbocycles. The van der Waals surface area contributed by atoms with E-state index in [1.165, 1.54) is 0 Å². The summed E-state index contributed by atoms with van der Waals surface area (Å²) in [7, 11) is 0. The molecule has 1 aromatic carbocycles. The molecule has 1 aromatic rings. The van der Waals surface area contributed by atoms with Crippen LogP contribution in [-0.2, 0) is 4.79 Å². The van der Waals surface area contributed by atoms with Crippen LogP contribution < -0.4 is 11.1 Å². The maximum absolute atomic E-state index is 12.2. The van der Waals surface area contributed by atoms with Gasteiger partial charge in [0.2, 0.25) is 5.91 Å². The Hall–Kier alpha value is -1.86. The molecule has 19 heavy (non-hydrogen) atoms. The van der Waals surface area contributed by atoms with Crippen molar-refractivity contribution in [1.82, 2.24) is 0 Å². The van der Waals surface area contributed by atoms with Crippen molar-refractivity contribution in [2.75, 3.05) is 11.9 Å². The van der Waals surface area contributed by atoms with Crippen molar-refractivity contribution in [3.8, 4) is 6.07 Å². The SMILES string of the molecule is CC(C)(C)CC(CN)C(=O)Nc1ccccc1C#N. The van der Waals surface area contributed by atoms with Gasteiger partial charge >= 0.3 is 0 Å². The summed E-state index contributed by atoms with van der Waals surface area (Å²) in [4.78, 5) is 12.2. The zero-order valence-corrected chi connectivity index (χ0v) is 11.7. The summed E-state index contributed by atoms with van der Waals surface area (Å²) in [6, 6.07) is 9.02. The number of anilines is 1. The Morgan fingerprint density at radius 2 is 2.05 bits per heavy atom. The number of carbonyl (C=O) groups excluding carboxylic acids is 1. The van der Waals surface area contributed by atoms with Crippen molar-refractivity contribution in [2.24, 2.45) is 17.1 Å². The second-order valence-corrected chi connectivity index (χ2v) is 5.84. The second kappa shape index (κ2) is 6.35. The Balaban J connectivity index is 2.81. The third kappa shape index (κ3) is 4.72. The smallest absolute Gasteiger partial charge is 0.228 e. The first-order chi connectivity index (χ1) is 8.87. The van der Waals surface area contributed by atoms with Crippen molar-refractivity contribution < 1.29 is 4.79 Å². The minimum absolute atomic E-state index is 0.0378. The Morgan fingerprint density at radius 1 is 1.42 bits per heavy atom. The molecule has 0 aliphatic rings. The molecule has 0 spiro atoms. The van der Waals surface area contributed by atoms with E-state index in [1.807, 2.05) is 0 Å². The number of nitrogens with two attached hydrogens (primary N) is 1. The van der Waals surface area contributed by atoms with E-state index in [0.717, 1.165) is 0 Å². The van der Waals surface area contributed by atoms with E-state index in [4.69, 9.17) is 11.0 Å². The zero-order valence-electron chi connectivity index (χ0n) is 11.7. The summed E-state index contributed by atoms with van der Waals surface area (Å²) in [6.07, 6.45) is 0.712. The molecular formula is C15H21N3O. The lowest BCUT2D eigenvalue weighted by Crippen LogP contribution is -2.32. The number of carbonyl (C=O) groups is 1. The second-order valence-electron chi connectivity index (χ2n) is 5.84. The minimum atomic E-state index is -0.244. The highest BCUT2D eigenvalue weighted by molar-refractivity contribution is 5.93. The van der Waals surface area contributed by atoms with Crippen LogP contribution in [-0.4, -0.2) is 12.5 Å². The summed E-state index contributed by atoms with van der Waals surface area (Å²) in [6.45, 7) is 6.53. The monoisotopic (exact) mass is 259 g/mol. The van der Waals surface area contributed by atoms with Crippen LogP contribution in [0.15, 0.2) is 24.3 Å². The van der Waals surface area contributed by atoms with Crippen LogP contribution in [0.1, 0.15) is 32.8 Å². The maximum Gasteiger partial charge on any atom is 0.228 e. The van der Waals surface area contributed by atoms with E-state index >= 15 is 0 Å². The van der Waals surface area contributed by atoms with Gasteiger partial charge in [-0.2, -0.15) is 5.26 Å². The highest BCUT2D eigenvalue weighted by Gasteiger charge is 2.24. The summed E-state index contributed by atoms with van der Waals surface area (Å²) >= 11 is 0. The van der Waals surface area contributed by atoms with Crippen molar-refractivity contribution in [1.29, 1.82) is 5.26 Å². The number of amides is 1. The van der Waals surface area contributed by atoms with Gasteiger partial charge in [0.25, 0.3) is 0 Å². The molecule has 0 fully saturated rings. The van der Waals surface area contributed by atoms with Crippen molar-refractivity contribution in [3.63, 3.8) is 0 Å². The van der Waals surface area contributed by atoms with E-state index in [9.17, 15) is 4.79 Å². The van der Waals surface area contributed by atoms with Gasteiger partial charge in [0.15, 0.2) is 0 Å². The van der Waals surface area contributed by atoms with E-state index < -0.39 is 0 Å². The molecule has 4 heteroatoms. The lowest BCUT2D eigenvalue weighted by molar-refractivity contribution is -0.120. The van der Waals surface area contributed by atoms with Crippen LogP contribution in [0.4, 0.5) is 5.69 Å². The molecular weight excluding hydrogens is 238 g/mol. The van der Waals surface area contributed by atoms with Gasteiger partial charge in [-0.15, -0.1) is 0 Å². The molecule has 1 amide bonds. The molecule has 0 saturated carbocycles. The van der Waals surface area contributed by atoms with Crippen LogP contribution in [0.2, 0.25) is 0 Å². The van der Waals surface area contributed by atoms with Crippen LogP contribution >= 0.6 is 0 Å². The molecule has 0 radical (unpaired) electrons. The largest absolute Gasteiger partial charge is 0.330 e. The number of para-hydroxylation sites is 1. The minimum Gasteiger partial charge on any atom is -0.330 e. The number of nitriles is 1. The van der Waals surface area contributed by atoms with Crippen molar-refractivity contribution in [3.05, 3.63) is 29.8 Å². The molecule has 3 N–H and O–H groups in total. The number of hydrogen-bond acceptors (Lipinski definition) is 3. The van der Waals surface area contributed by atoms with Crippen LogP contribution in [0.3, 0.4) is 0 Å². The standard InChI is InChI=1S/C15H21N3O/c1-15(2,3)8-12(10-17)14(19)18-13-7-5-4-6-11(13)9-16/h4-7,12H,8,10,17H2,1-3H3,(H,18,19). The first-order valence-corrected chi connectivity index (χ1v) is 6.37. The Kier molecular flexibility index (Phi) is 5.08. The number of hydrogen-bond donors (Lipinski definition) is 2. The quantitative estimate of drug-likeness (QED) is 0.872. The van der Waals surface area contributed by atoms with Crippen LogP contribution in [0, 0.1) is 22.7 Å². The number of nitrogens with zero attached hydrogens (tertiary/aromatic N) is 1. The summed E-state index contributed by atoms with van der Waals surface area (Å²) < 4.78 is 0. The third-order valence-electron chi connectivity index (χ3n) is 2.82. The van der Waals surface area contributed by atoms with Gasteiger partial charge in [-0.3, -0.25) is 4.79 Å². The number of rotatable bonds is 4. The third-order valence-corrected chi connectivity index (χ3v) is 2.82. The Labute approximate surface area is 114 Å². The highest BCUT2D eigenvalue weighted by atomic mass is 16.1. The molecule has 0 heterocycles. The van der Waals surface area contributed by atoms with Gasteiger partial charge in [-0.25, -0.2) is 0 Å². The van der Waals surface area contributed by atoms with Gasteiger partial charge in [0.05, 0.1) is 17.2 Å². The van der Waals surface area contributed by atoms with E-state index in [2.05, 4.69) is 32.2 Å². The number of benzene rings is 1. The lowest BCUT2D eigenvalue weighted by Gasteiger charge is -2.24. The van der Waals surface area contributed by atoms with Crippen LogP contribution in [0.5, 0.6) is 0 Å². The fourth-order valence-electron chi connectivity index (χ4n) is 1.95. The summed E-state index contributed by atoms with van der Waals surface area (Å²) in [5, 5.41) is 11.8. The molecule has 0 aliphatic heterocycles. The Morgan fingerprint density at radius 3 is 2.58 bits per heavy atom. The highest BCUT2D eigenvalue weighted by Crippen LogP contribution is 2.25. The van der Waals surface area contributed by atoms with Crippen molar-refractivity contribution >= 4 is 11.6 Å². The first-order valence-electron chi connectivity index (χ1n) is 6.37. The molecule has 0 bridgehead atoms. The van der Waals surface area contributed by atoms with Gasteiger partial charge in [-0.1, -0.05) is 32.9 Å². The summed E-state index contributed by atoms with van der Waals surface area (Å²) in [5.74, 6) is -0.369. The molecule has 4 nitrogen and oxygen atoms in total. The van der Waals surface area contributed by atoms with Crippen LogP contribution in [0.25, 0.3) is 0 Å². The van der Waals surface area contributed by atoms with Gasteiger partial charge in [-0.05, 0) is 24.0 Å². The molecule has 1 atom stereocenters. The molecule has 102 valence electrons. The normalized spacial score (nSPS) is 12.6. The van der Waals surface area contributed by atoms with Crippen molar-refractivity contribution in [2.45, 2.75) is 27.2 Å². The maximum atomic E-state index is 12.2.